The molecule has 0 saturated carbocycles. The normalized spacial score (nSPS) is 8.40. The first-order valence-electron chi connectivity index (χ1n) is 2.23. The van der Waals surface area contributed by atoms with Crippen molar-refractivity contribution < 1.29 is 0 Å². The first-order valence-corrected chi connectivity index (χ1v) is 2.23. The third-order valence-corrected chi connectivity index (χ3v) is 0.577. The number of hydrogen-bond donors (Lipinski definition) is 0. The highest BCUT2D eigenvalue weighted by molar-refractivity contribution is 4.54. The summed E-state index contributed by atoms with van der Waals surface area (Å²) in [6.07, 6.45) is 4.69. The van der Waals surface area contributed by atoms with Crippen molar-refractivity contribution in [2.75, 3.05) is 0 Å². The molecule has 5 heavy (non-hydrogen) atoms. The lowest BCUT2D eigenvalue weighted by Gasteiger charge is -1.95. The van der Waals surface area contributed by atoms with Crippen LogP contribution < -0.4 is 0 Å². The van der Waals surface area contributed by atoms with Crippen LogP contribution in [0.2, 0.25) is 0 Å². The van der Waals surface area contributed by atoms with Crippen molar-refractivity contribution in [2.45, 2.75) is 26.7 Å². The van der Waals surface area contributed by atoms with Crippen molar-refractivity contribution in [3.05, 3.63) is 6.42 Å². The van der Waals surface area contributed by atoms with Crippen LogP contribution in [0.3, 0.4) is 0 Å². The Morgan fingerprint density at radius 1 is 1.20 bits per heavy atom. The first kappa shape index (κ1) is 5.00. The molecule has 0 amide bonds. The Balaban J connectivity index is 2.19. The maximum atomic E-state index is 2.25. The third-order valence-electron chi connectivity index (χ3n) is 0.577. The van der Waals surface area contributed by atoms with Crippen molar-refractivity contribution in [1.29, 1.82) is 0 Å². The Kier molecular flexibility index (Phi) is 4.00. The maximum absolute atomic E-state index is 2.25. The molecule has 0 N–H and O–H groups in total. The lowest BCUT2D eigenvalue weighted by molar-refractivity contribution is 0.971. The zero-order chi connectivity index (χ0) is 4.12. The Morgan fingerprint density at radius 2 is 1.60 bits per heavy atom. The predicted octanol–water partition coefficient (Wildman–Crippen LogP) is 2.01. The van der Waals surface area contributed by atoms with E-state index in [1.165, 1.54) is 12.8 Å². The van der Waals surface area contributed by atoms with Gasteiger partial charge in [-0.05, 0) is 0 Å². The molecule has 0 aromatic carbocycles. The van der Waals surface area contributed by atoms with Crippen molar-refractivity contribution in [1.82, 2.24) is 0 Å². The molecule has 0 aromatic heterocycles. The monoisotopic (exact) mass is 71.1 g/mol. The lowest BCUT2D eigenvalue weighted by atomic mass is 10.3. The molecule has 0 bridgehead atoms. The van der Waals surface area contributed by atoms with E-state index in [1.807, 2.05) is 0 Å². The topological polar surface area (TPSA) is 0 Å². The molecular formula is C5H11-. The van der Waals surface area contributed by atoms with Crippen LogP contribution in [0.5, 0.6) is 0 Å². The average Bonchev–Trinajstić information content (AvgIpc) is 1.41. The molecule has 0 fully saturated rings. The van der Waals surface area contributed by atoms with Crippen molar-refractivity contribution in [3.8, 4) is 0 Å². The second kappa shape index (κ2) is 4.00. The molecule has 0 spiro atoms. The molecule has 0 aromatic rings. The van der Waals surface area contributed by atoms with E-state index in [1.54, 1.807) is 0 Å². The molecule has 0 heterocycles. The summed E-state index contributed by atoms with van der Waals surface area (Å²) in [6, 6.07) is 0. The third kappa shape index (κ3) is 4.00. The highest BCUT2D eigenvalue weighted by atomic mass is 13.7. The first-order chi connectivity index (χ1) is 2.41. The summed E-state index contributed by atoms with van der Waals surface area (Å²) in [6.45, 7) is 4.31. The van der Waals surface area contributed by atoms with Crippen LogP contribution in [0.1, 0.15) is 26.7 Å². The van der Waals surface area contributed by atoms with E-state index in [0.29, 0.717) is 0 Å². The van der Waals surface area contributed by atoms with Gasteiger partial charge in [0.05, 0.1) is 0 Å². The van der Waals surface area contributed by atoms with Gasteiger partial charge in [-0.2, -0.15) is 12.8 Å². The Morgan fingerprint density at radius 3 is 1.60 bits per heavy atom. The van der Waals surface area contributed by atoms with Gasteiger partial charge >= 0.3 is 0 Å². The quantitative estimate of drug-likeness (QED) is 0.437. The van der Waals surface area contributed by atoms with Crippen LogP contribution in [0.4, 0.5) is 0 Å². The van der Waals surface area contributed by atoms with Crippen molar-refractivity contribution in [3.63, 3.8) is 0 Å². The van der Waals surface area contributed by atoms with Gasteiger partial charge in [0.1, 0.15) is 0 Å². The Hall–Kier alpha value is 0. The zero-order valence-corrected chi connectivity index (χ0v) is 3.99. The van der Waals surface area contributed by atoms with E-state index in [4.69, 9.17) is 0 Å². The Bertz CT molecular complexity index is 7.51. The van der Waals surface area contributed by atoms with E-state index < -0.39 is 0 Å². The predicted molar refractivity (Wildman–Crippen MR) is 24.9 cm³/mol. The van der Waals surface area contributed by atoms with E-state index >= 15 is 0 Å². The van der Waals surface area contributed by atoms with Crippen LogP contribution in [0.25, 0.3) is 0 Å². The number of rotatable bonds is 2. The van der Waals surface area contributed by atoms with E-state index in [2.05, 4.69) is 20.3 Å². The minimum absolute atomic E-state index is 1.22. The van der Waals surface area contributed by atoms with Gasteiger partial charge in [-0.1, -0.05) is 13.8 Å². The minimum Gasteiger partial charge on any atom is -0.329 e. The highest BCUT2D eigenvalue weighted by Gasteiger charge is 1.52. The van der Waals surface area contributed by atoms with Gasteiger partial charge in [-0.3, -0.25) is 0 Å². The second-order valence-electron chi connectivity index (χ2n) is 1.11. The summed E-state index contributed by atoms with van der Waals surface area (Å²) >= 11 is 0. The number of unbranched alkanes of at least 4 members (excludes halogenated alkanes) is 2. The average molecular weight is 71.1 g/mol. The number of hydrogen-bond acceptors (Lipinski definition) is 0. The lowest BCUT2D eigenvalue weighted by Crippen LogP contribution is -1.61. The fourth-order valence-corrected chi connectivity index (χ4v) is 0.289. The molecule has 32 valence electrons. The molecule has 0 radical (unpaired) electrons. The van der Waals surface area contributed by atoms with Crippen molar-refractivity contribution >= 4 is 0 Å². The smallest absolute Gasteiger partial charge is 0.0925 e. The SMILES string of the molecule is CC[CH-]CC. The van der Waals surface area contributed by atoms with Gasteiger partial charge in [0.25, 0.3) is 0 Å². The molecule has 0 saturated heterocycles. The van der Waals surface area contributed by atoms with E-state index in [9.17, 15) is 0 Å². The molecule has 0 aliphatic carbocycles. The Labute approximate surface area is 34.2 Å². The van der Waals surface area contributed by atoms with Crippen LogP contribution in [0.15, 0.2) is 0 Å². The van der Waals surface area contributed by atoms with Crippen LogP contribution in [0, 0.1) is 6.42 Å². The second-order valence-corrected chi connectivity index (χ2v) is 1.11. The van der Waals surface area contributed by atoms with Gasteiger partial charge in [-0.15, -0.1) is 0 Å². The molecule has 0 atom stereocenters. The van der Waals surface area contributed by atoms with Crippen LogP contribution in [-0.2, 0) is 0 Å². The molecule has 0 rings (SSSR count). The zero-order valence-electron chi connectivity index (χ0n) is 3.99. The molecule has 0 unspecified atom stereocenters. The van der Waals surface area contributed by atoms with E-state index in [0.717, 1.165) is 0 Å². The molecule has 0 heteroatoms. The maximum Gasteiger partial charge on any atom is -0.0925 e. The van der Waals surface area contributed by atoms with Gasteiger partial charge in [-0.25, -0.2) is 0 Å². The summed E-state index contributed by atoms with van der Waals surface area (Å²) < 4.78 is 0. The van der Waals surface area contributed by atoms with Crippen LogP contribution >= 0.6 is 0 Å². The highest BCUT2D eigenvalue weighted by Crippen LogP contribution is 1.86. The molecular weight excluding hydrogens is 60.1 g/mol. The fourth-order valence-electron chi connectivity index (χ4n) is 0.289. The van der Waals surface area contributed by atoms with Crippen LogP contribution in [-0.4, -0.2) is 0 Å². The van der Waals surface area contributed by atoms with Gasteiger partial charge in [0, 0.05) is 0 Å². The molecule has 0 aliphatic rings. The standard InChI is InChI=1S/C5H11/c1-3-5-4-2/h5H,3-4H2,1-2H3/q-1. The van der Waals surface area contributed by atoms with Crippen molar-refractivity contribution in [2.24, 2.45) is 0 Å². The summed E-state index contributed by atoms with van der Waals surface area (Å²) in [4.78, 5) is 0. The fraction of sp³-hybridized carbons (Fsp3) is 0.800. The van der Waals surface area contributed by atoms with Gasteiger partial charge in [0.2, 0.25) is 0 Å². The molecule has 0 aliphatic heterocycles. The largest absolute Gasteiger partial charge is 0.329 e. The van der Waals surface area contributed by atoms with E-state index in [-0.39, 0.29) is 0 Å². The summed E-state index contributed by atoms with van der Waals surface area (Å²) in [7, 11) is 0. The van der Waals surface area contributed by atoms with Gasteiger partial charge in [0.15, 0.2) is 0 Å². The minimum atomic E-state index is 1.22. The molecule has 0 nitrogen and oxygen atoms in total. The summed E-state index contributed by atoms with van der Waals surface area (Å²) in [5, 5.41) is 0. The van der Waals surface area contributed by atoms with Gasteiger partial charge < -0.3 is 6.42 Å². The summed E-state index contributed by atoms with van der Waals surface area (Å²) in [5.74, 6) is 0. The summed E-state index contributed by atoms with van der Waals surface area (Å²) in [5.41, 5.74) is 0.